The third-order valence-corrected chi connectivity index (χ3v) is 9.67. The molecule has 4 atom stereocenters. The monoisotopic (exact) mass is 632 g/mol. The SMILES string of the molecule is CCCCCCN(C)C(=O)[C@@H]1CCCN1C(=O)C(C)=C[C@H](C(C)C)N(C)C(=O)[C@@H](NC(=O)[C@H]1CCCCN1C(C)C)C(C)(C)C. The zero-order valence-electron chi connectivity index (χ0n) is 30.4. The van der Waals surface area contributed by atoms with Crippen molar-refractivity contribution < 1.29 is 19.2 Å². The summed E-state index contributed by atoms with van der Waals surface area (Å²) in [6.45, 7) is 20.3. The van der Waals surface area contributed by atoms with Gasteiger partial charge in [-0.2, -0.15) is 0 Å². The number of carbonyl (C=O) groups excluding carboxylic acids is 4. The van der Waals surface area contributed by atoms with Gasteiger partial charge >= 0.3 is 0 Å². The standard InChI is InChI=1S/C36H65N5O4/c1-12-13-14-16-21-38(10)34(44)29-20-18-23-41(29)33(43)27(6)24-30(25(2)3)39(11)35(45)31(36(7,8)9)37-32(42)28-19-15-17-22-40(28)26(4)5/h24-26,28-31H,12-23H2,1-11H3,(H,37,42)/t28-,29+,30-,31-/m1/s1. The Morgan fingerprint density at radius 1 is 0.911 bits per heavy atom. The normalized spacial score (nSPS) is 21.2. The van der Waals surface area contributed by atoms with Gasteiger partial charge in [0.15, 0.2) is 0 Å². The van der Waals surface area contributed by atoms with E-state index in [2.05, 4.69) is 31.0 Å². The molecule has 0 spiro atoms. The fraction of sp³-hybridized carbons (Fsp3) is 0.833. The van der Waals surface area contributed by atoms with Crippen LogP contribution in [0, 0.1) is 11.3 Å². The Bertz CT molecular complexity index is 1030. The maximum absolute atomic E-state index is 14.1. The predicted molar refractivity (Wildman–Crippen MR) is 183 cm³/mol. The number of hydrogen-bond donors (Lipinski definition) is 1. The Morgan fingerprint density at radius 2 is 1.56 bits per heavy atom. The molecule has 2 aliphatic heterocycles. The van der Waals surface area contributed by atoms with Crippen molar-refractivity contribution in [1.29, 1.82) is 0 Å². The Balaban J connectivity index is 2.22. The van der Waals surface area contributed by atoms with Crippen LogP contribution in [0.1, 0.15) is 120 Å². The molecule has 4 amide bonds. The highest BCUT2D eigenvalue weighted by Crippen LogP contribution is 2.27. The average Bonchev–Trinajstić information content (AvgIpc) is 3.48. The second-order valence-corrected chi connectivity index (χ2v) is 15.2. The van der Waals surface area contributed by atoms with Gasteiger partial charge in [0, 0.05) is 38.8 Å². The molecule has 1 N–H and O–H groups in total. The molecule has 0 aliphatic carbocycles. The summed E-state index contributed by atoms with van der Waals surface area (Å²) >= 11 is 0. The number of unbranched alkanes of at least 4 members (excludes halogenated alkanes) is 3. The lowest BCUT2D eigenvalue weighted by molar-refractivity contribution is -0.142. The van der Waals surface area contributed by atoms with Crippen molar-refractivity contribution in [2.45, 2.75) is 150 Å². The summed E-state index contributed by atoms with van der Waals surface area (Å²) in [6, 6.07) is -1.51. The highest BCUT2D eigenvalue weighted by Gasteiger charge is 2.40. The first kappa shape index (κ1) is 38.8. The fourth-order valence-corrected chi connectivity index (χ4v) is 6.80. The maximum atomic E-state index is 14.1. The highest BCUT2D eigenvalue weighted by atomic mass is 16.2. The van der Waals surface area contributed by atoms with Gasteiger partial charge in [-0.15, -0.1) is 0 Å². The quantitative estimate of drug-likeness (QED) is 0.209. The Labute approximate surface area is 274 Å². The molecule has 0 unspecified atom stereocenters. The van der Waals surface area contributed by atoms with Gasteiger partial charge in [-0.3, -0.25) is 24.1 Å². The molecular weight excluding hydrogens is 566 g/mol. The summed E-state index contributed by atoms with van der Waals surface area (Å²) < 4.78 is 0. The zero-order valence-corrected chi connectivity index (χ0v) is 30.4. The lowest BCUT2D eigenvalue weighted by atomic mass is 9.84. The molecule has 2 fully saturated rings. The number of rotatable bonds is 14. The minimum atomic E-state index is -0.718. The van der Waals surface area contributed by atoms with E-state index in [1.54, 1.807) is 28.7 Å². The number of hydrogen-bond acceptors (Lipinski definition) is 5. The van der Waals surface area contributed by atoms with Crippen molar-refractivity contribution in [2.24, 2.45) is 11.3 Å². The highest BCUT2D eigenvalue weighted by molar-refractivity contribution is 5.97. The Kier molecular flexibility index (Phi) is 15.1. The van der Waals surface area contributed by atoms with E-state index in [4.69, 9.17) is 0 Å². The second kappa shape index (κ2) is 17.5. The van der Waals surface area contributed by atoms with Gasteiger partial charge in [0.1, 0.15) is 12.1 Å². The van der Waals surface area contributed by atoms with Crippen LogP contribution < -0.4 is 5.32 Å². The zero-order chi connectivity index (χ0) is 34.1. The number of nitrogens with zero attached hydrogens (tertiary/aromatic N) is 4. The van der Waals surface area contributed by atoms with Crippen molar-refractivity contribution in [3.63, 3.8) is 0 Å². The molecule has 0 bridgehead atoms. The van der Waals surface area contributed by atoms with Crippen molar-refractivity contribution >= 4 is 23.6 Å². The first-order valence-corrected chi connectivity index (χ1v) is 17.6. The molecule has 258 valence electrons. The lowest BCUT2D eigenvalue weighted by Crippen LogP contribution is -2.60. The first-order valence-electron chi connectivity index (χ1n) is 17.6. The molecular formula is C36H65N5O4. The number of carbonyl (C=O) groups is 4. The van der Waals surface area contributed by atoms with Crippen LogP contribution in [0.4, 0.5) is 0 Å². The van der Waals surface area contributed by atoms with Crippen LogP contribution in [0.3, 0.4) is 0 Å². The second-order valence-electron chi connectivity index (χ2n) is 15.2. The van der Waals surface area contributed by atoms with Crippen LogP contribution >= 0.6 is 0 Å². The molecule has 0 aromatic carbocycles. The molecule has 2 rings (SSSR count). The smallest absolute Gasteiger partial charge is 0.249 e. The molecule has 0 aromatic rings. The summed E-state index contributed by atoms with van der Waals surface area (Å²) in [5, 5.41) is 3.15. The van der Waals surface area contributed by atoms with Crippen LogP contribution in [-0.2, 0) is 19.2 Å². The third-order valence-electron chi connectivity index (χ3n) is 9.67. The van der Waals surface area contributed by atoms with Gasteiger partial charge in [-0.05, 0) is 70.8 Å². The Morgan fingerprint density at radius 3 is 2.13 bits per heavy atom. The first-order chi connectivity index (χ1) is 21.0. The molecule has 9 heteroatoms. The van der Waals surface area contributed by atoms with E-state index in [-0.39, 0.29) is 47.7 Å². The molecule has 2 heterocycles. The molecule has 45 heavy (non-hydrogen) atoms. The summed E-state index contributed by atoms with van der Waals surface area (Å²) in [5.41, 5.74) is 0.0184. The molecule has 0 aromatic heterocycles. The number of nitrogens with one attached hydrogen (secondary N) is 1. The maximum Gasteiger partial charge on any atom is 0.249 e. The van der Waals surface area contributed by atoms with E-state index < -0.39 is 17.5 Å². The molecule has 9 nitrogen and oxygen atoms in total. The van der Waals surface area contributed by atoms with Crippen LogP contribution in [0.2, 0.25) is 0 Å². The summed E-state index contributed by atoms with van der Waals surface area (Å²) in [4.78, 5) is 62.3. The number of likely N-dealkylation sites (tertiary alicyclic amines) is 2. The van der Waals surface area contributed by atoms with Crippen LogP contribution in [-0.4, -0.2) is 107 Å². The van der Waals surface area contributed by atoms with E-state index in [1.807, 2.05) is 47.7 Å². The molecule has 0 saturated carbocycles. The topological polar surface area (TPSA) is 93.3 Å². The summed E-state index contributed by atoms with van der Waals surface area (Å²) in [5.74, 6) is -0.373. The number of amides is 4. The van der Waals surface area contributed by atoms with Crippen LogP contribution in [0.25, 0.3) is 0 Å². The van der Waals surface area contributed by atoms with Crippen LogP contribution in [0.15, 0.2) is 11.6 Å². The third kappa shape index (κ3) is 10.5. The minimum absolute atomic E-state index is 0.00983. The molecule has 2 aliphatic rings. The van der Waals surface area contributed by atoms with E-state index >= 15 is 0 Å². The van der Waals surface area contributed by atoms with Gasteiger partial charge in [-0.1, -0.05) is 73.3 Å². The molecule has 0 radical (unpaired) electrons. The average molecular weight is 632 g/mol. The van der Waals surface area contributed by atoms with E-state index in [0.29, 0.717) is 25.1 Å². The van der Waals surface area contributed by atoms with Gasteiger partial charge in [0.2, 0.25) is 23.6 Å². The fourth-order valence-electron chi connectivity index (χ4n) is 6.80. The van der Waals surface area contributed by atoms with E-state index in [1.165, 1.54) is 0 Å². The predicted octanol–water partition coefficient (Wildman–Crippen LogP) is 5.24. The lowest BCUT2D eigenvalue weighted by Gasteiger charge is -2.41. The summed E-state index contributed by atoms with van der Waals surface area (Å²) in [6.07, 6.45) is 10.6. The van der Waals surface area contributed by atoms with Gasteiger partial charge in [0.05, 0.1) is 12.1 Å². The van der Waals surface area contributed by atoms with Crippen molar-refractivity contribution in [3.05, 3.63) is 11.6 Å². The molecule has 2 saturated heterocycles. The number of piperidine rings is 1. The number of likely N-dealkylation sites (N-methyl/N-ethyl adjacent to an activating group) is 2. The Hall–Kier alpha value is -2.42. The van der Waals surface area contributed by atoms with Crippen molar-refractivity contribution in [2.75, 3.05) is 33.7 Å². The largest absolute Gasteiger partial charge is 0.344 e. The van der Waals surface area contributed by atoms with Crippen molar-refractivity contribution in [3.8, 4) is 0 Å². The van der Waals surface area contributed by atoms with E-state index in [9.17, 15) is 19.2 Å². The van der Waals surface area contributed by atoms with E-state index in [0.717, 1.165) is 57.9 Å². The van der Waals surface area contributed by atoms with Crippen molar-refractivity contribution in [1.82, 2.24) is 24.9 Å². The van der Waals surface area contributed by atoms with Gasteiger partial charge in [0.25, 0.3) is 0 Å². The van der Waals surface area contributed by atoms with Crippen LogP contribution in [0.5, 0.6) is 0 Å². The minimum Gasteiger partial charge on any atom is -0.344 e. The van der Waals surface area contributed by atoms with Gasteiger partial charge < -0.3 is 20.0 Å². The van der Waals surface area contributed by atoms with Gasteiger partial charge in [-0.25, -0.2) is 0 Å². The summed E-state index contributed by atoms with van der Waals surface area (Å²) in [7, 11) is 3.61.